The van der Waals surface area contributed by atoms with Gasteiger partial charge in [0, 0.05) is 17.7 Å². The first-order chi connectivity index (χ1) is 9.66. The molecule has 5 heteroatoms. The van der Waals surface area contributed by atoms with E-state index in [1.54, 1.807) is 10.9 Å². The van der Waals surface area contributed by atoms with Crippen molar-refractivity contribution >= 4 is 21.7 Å². The maximum absolute atomic E-state index is 6.18. The summed E-state index contributed by atoms with van der Waals surface area (Å²) in [5.41, 5.74) is 9.72. The molecule has 0 fully saturated rings. The fraction of sp³-hybridized carbons (Fsp3) is 0.0667. The van der Waals surface area contributed by atoms with Crippen LogP contribution in [0.4, 0.5) is 5.82 Å². The minimum Gasteiger partial charge on any atom is -0.383 e. The Hall–Kier alpha value is -2.14. The number of benzene rings is 1. The molecule has 2 heterocycles. The normalized spacial score (nSPS) is 10.7. The van der Waals surface area contributed by atoms with Crippen LogP contribution in [0.3, 0.4) is 0 Å². The lowest BCUT2D eigenvalue weighted by atomic mass is 10.0. The van der Waals surface area contributed by atoms with Crippen LogP contribution in [0.5, 0.6) is 0 Å². The average molecular weight is 329 g/mol. The van der Waals surface area contributed by atoms with Crippen molar-refractivity contribution in [2.24, 2.45) is 7.05 Å². The van der Waals surface area contributed by atoms with Crippen LogP contribution in [0.1, 0.15) is 0 Å². The summed E-state index contributed by atoms with van der Waals surface area (Å²) >= 11 is 3.49. The Morgan fingerprint density at radius 2 is 2.00 bits per heavy atom. The highest BCUT2D eigenvalue weighted by molar-refractivity contribution is 9.10. The molecule has 4 nitrogen and oxygen atoms in total. The second-order valence-corrected chi connectivity index (χ2v) is 5.37. The SMILES string of the molecule is Cn1nc(-c2ccccn2)c(-c2cccc(Br)c2)c1N. The van der Waals surface area contributed by atoms with E-state index in [9.17, 15) is 0 Å². The molecular formula is C15H13BrN4. The van der Waals surface area contributed by atoms with Crippen molar-refractivity contribution in [3.63, 3.8) is 0 Å². The van der Waals surface area contributed by atoms with Crippen LogP contribution in [0, 0.1) is 0 Å². The number of aryl methyl sites for hydroxylation is 1. The maximum Gasteiger partial charge on any atom is 0.129 e. The summed E-state index contributed by atoms with van der Waals surface area (Å²) in [5, 5.41) is 4.50. The van der Waals surface area contributed by atoms with Crippen LogP contribution in [0.2, 0.25) is 0 Å². The van der Waals surface area contributed by atoms with E-state index in [1.807, 2.05) is 49.5 Å². The Labute approximate surface area is 125 Å². The number of pyridine rings is 1. The van der Waals surface area contributed by atoms with Crippen molar-refractivity contribution < 1.29 is 0 Å². The Bertz CT molecular complexity index is 750. The highest BCUT2D eigenvalue weighted by atomic mass is 79.9. The van der Waals surface area contributed by atoms with E-state index < -0.39 is 0 Å². The standard InChI is InChI=1S/C15H13BrN4/c1-20-15(17)13(10-5-4-6-11(16)9-10)14(19-20)12-7-2-3-8-18-12/h2-9H,17H2,1H3. The third-order valence-electron chi connectivity index (χ3n) is 3.11. The first kappa shape index (κ1) is 12.9. The Morgan fingerprint density at radius 1 is 1.15 bits per heavy atom. The number of aromatic nitrogens is 3. The van der Waals surface area contributed by atoms with Crippen molar-refractivity contribution in [1.82, 2.24) is 14.8 Å². The van der Waals surface area contributed by atoms with Crippen LogP contribution >= 0.6 is 15.9 Å². The van der Waals surface area contributed by atoms with Gasteiger partial charge in [0.15, 0.2) is 0 Å². The summed E-state index contributed by atoms with van der Waals surface area (Å²) in [5.74, 6) is 0.628. The van der Waals surface area contributed by atoms with Crippen LogP contribution < -0.4 is 5.73 Å². The summed E-state index contributed by atoms with van der Waals surface area (Å²) < 4.78 is 2.69. The summed E-state index contributed by atoms with van der Waals surface area (Å²) in [6, 6.07) is 13.8. The number of hydrogen-bond acceptors (Lipinski definition) is 3. The molecule has 3 rings (SSSR count). The molecule has 3 aromatic rings. The zero-order valence-corrected chi connectivity index (χ0v) is 12.5. The van der Waals surface area contributed by atoms with Crippen LogP contribution in [-0.4, -0.2) is 14.8 Å². The van der Waals surface area contributed by atoms with Gasteiger partial charge in [0.1, 0.15) is 11.5 Å². The number of rotatable bonds is 2. The molecule has 100 valence electrons. The molecule has 0 aliphatic rings. The third-order valence-corrected chi connectivity index (χ3v) is 3.61. The van der Waals surface area contributed by atoms with Crippen molar-refractivity contribution in [2.75, 3.05) is 5.73 Å². The van der Waals surface area contributed by atoms with Gasteiger partial charge in [-0.15, -0.1) is 0 Å². The number of anilines is 1. The van der Waals surface area contributed by atoms with Crippen molar-refractivity contribution in [3.05, 3.63) is 53.1 Å². The third kappa shape index (κ3) is 2.20. The second-order valence-electron chi connectivity index (χ2n) is 4.46. The molecule has 0 radical (unpaired) electrons. The van der Waals surface area contributed by atoms with Gasteiger partial charge in [-0.3, -0.25) is 9.67 Å². The van der Waals surface area contributed by atoms with E-state index in [2.05, 4.69) is 26.0 Å². The zero-order valence-electron chi connectivity index (χ0n) is 10.9. The van der Waals surface area contributed by atoms with E-state index in [1.165, 1.54) is 0 Å². The predicted molar refractivity (Wildman–Crippen MR) is 84.0 cm³/mol. The lowest BCUT2D eigenvalue weighted by molar-refractivity contribution is 0.781. The number of hydrogen-bond donors (Lipinski definition) is 1. The first-order valence-corrected chi connectivity index (χ1v) is 6.96. The average Bonchev–Trinajstić information content (AvgIpc) is 2.76. The largest absolute Gasteiger partial charge is 0.383 e. The molecule has 1 aromatic carbocycles. The zero-order chi connectivity index (χ0) is 14.1. The molecule has 0 saturated carbocycles. The van der Waals surface area contributed by atoms with E-state index in [0.29, 0.717) is 5.82 Å². The van der Waals surface area contributed by atoms with Crippen LogP contribution in [-0.2, 0) is 7.05 Å². The molecule has 2 N–H and O–H groups in total. The molecule has 0 saturated heterocycles. The topological polar surface area (TPSA) is 56.7 Å². The highest BCUT2D eigenvalue weighted by Gasteiger charge is 2.18. The summed E-state index contributed by atoms with van der Waals surface area (Å²) in [6.07, 6.45) is 1.75. The molecule has 0 atom stereocenters. The van der Waals surface area contributed by atoms with Crippen molar-refractivity contribution in [3.8, 4) is 22.5 Å². The molecule has 0 aliphatic heterocycles. The highest BCUT2D eigenvalue weighted by Crippen LogP contribution is 2.35. The van der Waals surface area contributed by atoms with Crippen LogP contribution in [0.25, 0.3) is 22.5 Å². The minimum atomic E-state index is 0.628. The smallest absolute Gasteiger partial charge is 0.129 e. The lowest BCUT2D eigenvalue weighted by Crippen LogP contribution is -1.97. The van der Waals surface area contributed by atoms with Gasteiger partial charge in [-0.05, 0) is 29.8 Å². The number of nitrogens with two attached hydrogens (primary N) is 1. The van der Waals surface area contributed by atoms with Crippen molar-refractivity contribution in [2.45, 2.75) is 0 Å². The fourth-order valence-electron chi connectivity index (χ4n) is 2.15. The fourth-order valence-corrected chi connectivity index (χ4v) is 2.55. The van der Waals surface area contributed by atoms with E-state index in [4.69, 9.17) is 5.73 Å². The first-order valence-electron chi connectivity index (χ1n) is 6.16. The summed E-state index contributed by atoms with van der Waals surface area (Å²) in [7, 11) is 1.84. The lowest BCUT2D eigenvalue weighted by Gasteiger charge is -2.04. The van der Waals surface area contributed by atoms with Gasteiger partial charge < -0.3 is 5.73 Å². The molecule has 20 heavy (non-hydrogen) atoms. The summed E-state index contributed by atoms with van der Waals surface area (Å²) in [6.45, 7) is 0. The number of nitrogen functional groups attached to an aromatic ring is 1. The Kier molecular flexibility index (Phi) is 3.28. The molecule has 0 unspecified atom stereocenters. The molecule has 0 amide bonds. The van der Waals surface area contributed by atoms with E-state index >= 15 is 0 Å². The predicted octanol–water partition coefficient (Wildman–Crippen LogP) is 3.49. The second kappa shape index (κ2) is 5.09. The maximum atomic E-state index is 6.18. The monoisotopic (exact) mass is 328 g/mol. The quantitative estimate of drug-likeness (QED) is 0.783. The molecule has 2 aromatic heterocycles. The van der Waals surface area contributed by atoms with Gasteiger partial charge in [-0.1, -0.05) is 34.1 Å². The minimum absolute atomic E-state index is 0.628. The van der Waals surface area contributed by atoms with Gasteiger partial charge in [-0.25, -0.2) is 0 Å². The Morgan fingerprint density at radius 3 is 2.70 bits per heavy atom. The van der Waals surface area contributed by atoms with Crippen LogP contribution in [0.15, 0.2) is 53.1 Å². The summed E-state index contributed by atoms with van der Waals surface area (Å²) in [4.78, 5) is 4.37. The molecular weight excluding hydrogens is 316 g/mol. The number of nitrogens with zero attached hydrogens (tertiary/aromatic N) is 3. The molecule has 0 spiro atoms. The number of halogens is 1. The van der Waals surface area contributed by atoms with Gasteiger partial charge >= 0.3 is 0 Å². The van der Waals surface area contributed by atoms with Gasteiger partial charge in [0.25, 0.3) is 0 Å². The van der Waals surface area contributed by atoms with E-state index in [0.717, 1.165) is 27.0 Å². The van der Waals surface area contributed by atoms with Gasteiger partial charge in [0.05, 0.1) is 11.3 Å². The van der Waals surface area contributed by atoms with Gasteiger partial charge in [-0.2, -0.15) is 5.10 Å². The Balaban J connectivity index is 2.25. The van der Waals surface area contributed by atoms with E-state index in [-0.39, 0.29) is 0 Å². The van der Waals surface area contributed by atoms with Gasteiger partial charge in [0.2, 0.25) is 0 Å². The van der Waals surface area contributed by atoms with Crippen molar-refractivity contribution in [1.29, 1.82) is 0 Å². The molecule has 0 aliphatic carbocycles. The molecule has 0 bridgehead atoms.